The summed E-state index contributed by atoms with van der Waals surface area (Å²) in [5.74, 6) is 0.649. The molecule has 3 aliphatic rings. The lowest BCUT2D eigenvalue weighted by Crippen LogP contribution is -2.51. The van der Waals surface area contributed by atoms with E-state index in [4.69, 9.17) is 13.6 Å². The Bertz CT molecular complexity index is 3570. The second kappa shape index (κ2) is 15.2. The van der Waals surface area contributed by atoms with Crippen molar-refractivity contribution in [3.05, 3.63) is 217 Å². The summed E-state index contributed by atoms with van der Waals surface area (Å²) in [5, 5.41) is 8.61. The Morgan fingerprint density at radius 1 is 0.547 bits per heavy atom. The average molecular weight is 831 g/mol. The Hall–Kier alpha value is -7.76. The van der Waals surface area contributed by atoms with E-state index in [9.17, 15) is 0 Å². The van der Waals surface area contributed by atoms with Gasteiger partial charge < -0.3 is 23.4 Å². The molecule has 0 N–H and O–H groups in total. The van der Waals surface area contributed by atoms with Crippen molar-refractivity contribution >= 4 is 88.2 Å². The number of furan rings is 2. The van der Waals surface area contributed by atoms with Gasteiger partial charge in [-0.2, -0.15) is 0 Å². The van der Waals surface area contributed by atoms with Crippen LogP contribution in [0.25, 0.3) is 65.4 Å². The molecule has 3 atom stereocenters. The number of para-hydroxylation sites is 3. The lowest BCUT2D eigenvalue weighted by atomic mass is 9.88. The Morgan fingerprint density at radius 3 is 1.98 bits per heavy atom. The molecule has 3 unspecified atom stereocenters. The zero-order valence-corrected chi connectivity index (χ0v) is 35.9. The number of fused-ring (bicyclic) bond motifs is 11. The highest BCUT2D eigenvalue weighted by Crippen LogP contribution is 2.50. The first-order chi connectivity index (χ1) is 31.5. The fourth-order valence-corrected chi connectivity index (χ4v) is 10.4. The Kier molecular flexibility index (Phi) is 9.04. The first-order valence-corrected chi connectivity index (χ1v) is 22.3. The van der Waals surface area contributed by atoms with Gasteiger partial charge in [0.2, 0.25) is 0 Å². The van der Waals surface area contributed by atoms with Crippen LogP contribution in [0.5, 0.6) is 0 Å². The number of rotatable bonds is 6. The number of nitrogens with zero attached hydrogens (tertiary/aromatic N) is 2. The van der Waals surface area contributed by atoms with Crippen LogP contribution in [0, 0.1) is 6.92 Å². The zero-order chi connectivity index (χ0) is 42.9. The van der Waals surface area contributed by atoms with E-state index in [0.717, 1.165) is 107 Å². The maximum Gasteiger partial charge on any atom is 0.159 e. The van der Waals surface area contributed by atoms with Crippen molar-refractivity contribution in [3.63, 3.8) is 0 Å². The molecule has 12 rings (SSSR count). The van der Waals surface area contributed by atoms with Gasteiger partial charge in [0.05, 0.1) is 23.5 Å². The Morgan fingerprint density at radius 2 is 1.20 bits per heavy atom. The van der Waals surface area contributed by atoms with Crippen molar-refractivity contribution in [2.24, 2.45) is 0 Å². The molecule has 64 heavy (non-hydrogen) atoms. The minimum absolute atomic E-state index is 0.0748. The van der Waals surface area contributed by atoms with E-state index in [1.165, 1.54) is 11.1 Å². The lowest BCUT2D eigenvalue weighted by Gasteiger charge is -2.45. The summed E-state index contributed by atoms with van der Waals surface area (Å²) < 4.78 is 20.8. The maximum absolute atomic E-state index is 7.20. The molecule has 5 nitrogen and oxygen atoms in total. The number of benzene rings is 7. The molecule has 0 saturated heterocycles. The van der Waals surface area contributed by atoms with Gasteiger partial charge in [0.25, 0.3) is 0 Å². The van der Waals surface area contributed by atoms with Gasteiger partial charge >= 0.3 is 0 Å². The van der Waals surface area contributed by atoms with E-state index in [-0.39, 0.29) is 18.2 Å². The van der Waals surface area contributed by atoms with Crippen molar-refractivity contribution in [3.8, 4) is 0 Å². The van der Waals surface area contributed by atoms with Crippen LogP contribution in [-0.2, 0) is 4.74 Å². The van der Waals surface area contributed by atoms with Gasteiger partial charge in [-0.15, -0.1) is 0 Å². The first kappa shape index (κ1) is 38.0. The molecule has 5 heteroatoms. The number of hydrogen-bond acceptors (Lipinski definition) is 5. The average Bonchev–Trinajstić information content (AvgIpc) is 3.92. The molecule has 1 aliphatic heterocycles. The summed E-state index contributed by atoms with van der Waals surface area (Å²) >= 11 is 0. The van der Waals surface area contributed by atoms with Crippen LogP contribution in [0.4, 0.5) is 22.7 Å². The van der Waals surface area contributed by atoms with Crippen LogP contribution in [0.3, 0.4) is 0 Å². The summed E-state index contributed by atoms with van der Waals surface area (Å²) in [4.78, 5) is 5.01. The Balaban J connectivity index is 1.15. The van der Waals surface area contributed by atoms with Gasteiger partial charge in [-0.25, -0.2) is 0 Å². The van der Waals surface area contributed by atoms with Crippen LogP contribution >= 0.6 is 0 Å². The minimum atomic E-state index is -0.252. The van der Waals surface area contributed by atoms with Crippen molar-refractivity contribution in [2.75, 3.05) is 9.80 Å². The third-order valence-corrected chi connectivity index (χ3v) is 13.4. The number of anilines is 4. The fraction of sp³-hybridized carbons (Fsp3) is 0.119. The number of allylic oxidation sites excluding steroid dienone is 8. The molecule has 310 valence electrons. The SMILES string of the molecule is C=C1/C=C\C=C/CC2=CC=CC(N(c3cc4c5cc(N(c6ccccc6C)c6cccc7c6oc6ccccc67)c6ccccc6c5oc4c4ccccc34)C3CC=CC=C3C)C2O1. The van der Waals surface area contributed by atoms with Crippen LogP contribution in [0.1, 0.15) is 25.3 Å². The van der Waals surface area contributed by atoms with Crippen molar-refractivity contribution in [2.45, 2.75) is 44.9 Å². The second-order valence-corrected chi connectivity index (χ2v) is 17.2. The maximum atomic E-state index is 7.20. The molecule has 0 bridgehead atoms. The van der Waals surface area contributed by atoms with Gasteiger partial charge in [-0.3, -0.25) is 0 Å². The largest absolute Gasteiger partial charge is 0.484 e. The van der Waals surface area contributed by atoms with Gasteiger partial charge in [-0.05, 0) is 74.2 Å². The predicted molar refractivity (Wildman–Crippen MR) is 267 cm³/mol. The van der Waals surface area contributed by atoms with Gasteiger partial charge in [-0.1, -0.05) is 164 Å². The van der Waals surface area contributed by atoms with Gasteiger partial charge in [0.1, 0.15) is 28.6 Å². The normalized spacial score (nSPS) is 19.6. The van der Waals surface area contributed by atoms with E-state index in [0.29, 0.717) is 5.76 Å². The summed E-state index contributed by atoms with van der Waals surface area (Å²) in [6, 6.07) is 45.5. The van der Waals surface area contributed by atoms with Crippen molar-refractivity contribution < 1.29 is 13.6 Å². The predicted octanol–water partition coefficient (Wildman–Crippen LogP) is 15.9. The molecular formula is C59H46N2O3. The summed E-state index contributed by atoms with van der Waals surface area (Å²) in [6.45, 7) is 8.77. The van der Waals surface area contributed by atoms with Crippen molar-refractivity contribution in [1.29, 1.82) is 0 Å². The third-order valence-electron chi connectivity index (χ3n) is 13.4. The Labute approximate surface area is 372 Å². The monoisotopic (exact) mass is 830 g/mol. The van der Waals surface area contributed by atoms with Gasteiger partial charge in [0, 0.05) is 54.5 Å². The van der Waals surface area contributed by atoms with E-state index in [1.54, 1.807) is 0 Å². The van der Waals surface area contributed by atoms with E-state index in [1.807, 2.05) is 18.2 Å². The highest BCUT2D eigenvalue weighted by molar-refractivity contribution is 6.25. The molecule has 0 amide bonds. The van der Waals surface area contributed by atoms with Gasteiger partial charge in [0.15, 0.2) is 5.58 Å². The highest BCUT2D eigenvalue weighted by atomic mass is 16.5. The molecule has 2 aromatic heterocycles. The molecule has 0 saturated carbocycles. The number of ether oxygens (including phenoxy) is 1. The summed E-state index contributed by atoms with van der Waals surface area (Å²) in [6.07, 6.45) is 23.1. The summed E-state index contributed by atoms with van der Waals surface area (Å²) in [7, 11) is 0. The molecule has 2 aliphatic carbocycles. The molecule has 0 spiro atoms. The zero-order valence-electron chi connectivity index (χ0n) is 35.9. The fourth-order valence-electron chi connectivity index (χ4n) is 10.4. The van der Waals surface area contributed by atoms with E-state index < -0.39 is 0 Å². The molecule has 0 fully saturated rings. The molecular weight excluding hydrogens is 785 g/mol. The van der Waals surface area contributed by atoms with Crippen LogP contribution in [0.2, 0.25) is 0 Å². The molecule has 3 heterocycles. The van der Waals surface area contributed by atoms with Crippen LogP contribution in [-0.4, -0.2) is 18.2 Å². The second-order valence-electron chi connectivity index (χ2n) is 17.2. The highest BCUT2D eigenvalue weighted by Gasteiger charge is 2.38. The first-order valence-electron chi connectivity index (χ1n) is 22.3. The van der Waals surface area contributed by atoms with Crippen LogP contribution in [0.15, 0.2) is 220 Å². The molecule has 0 radical (unpaired) electrons. The number of aryl methyl sites for hydroxylation is 1. The van der Waals surface area contributed by atoms with Crippen molar-refractivity contribution in [1.82, 2.24) is 0 Å². The lowest BCUT2D eigenvalue weighted by molar-refractivity contribution is 0.136. The van der Waals surface area contributed by atoms with Crippen LogP contribution < -0.4 is 9.80 Å². The smallest absolute Gasteiger partial charge is 0.159 e. The quantitative estimate of drug-likeness (QED) is 0.167. The van der Waals surface area contributed by atoms with E-state index >= 15 is 0 Å². The third kappa shape index (κ3) is 6.06. The summed E-state index contributed by atoms with van der Waals surface area (Å²) in [5.41, 5.74) is 11.3. The standard InChI is InChI=1S/C59H46N2O3/c1-37-19-7-14-30-49(37)60(51-32-17-23-40-22-6-4-5-21-39(3)62-56(40)51)53-35-47-48-36-54(42-25-10-12-28-45(42)58(48)64-57(47)44-27-11-9-24-41(44)53)61(50-31-15-8-20-38(50)2)52-33-18-29-46-43-26-13-16-34-55(43)63-59(46)52/h4-21,23-29,31-36,49,51,56H,3,22,30H2,1-2H3/b6-4-,21-5-. The number of hydrogen-bond donors (Lipinski definition) is 0. The molecule has 9 aromatic rings. The molecule has 7 aromatic carbocycles. The van der Waals surface area contributed by atoms with E-state index in [2.05, 4.69) is 200 Å². The minimum Gasteiger partial charge on any atom is -0.484 e. The topological polar surface area (TPSA) is 42.0 Å².